The van der Waals surface area contributed by atoms with Crippen LogP contribution in [0.2, 0.25) is 0 Å². The lowest BCUT2D eigenvalue weighted by atomic mass is 10.2. The van der Waals surface area contributed by atoms with Crippen LogP contribution in [0.5, 0.6) is 17.2 Å². The second kappa shape index (κ2) is 9.94. The number of carbonyl (C=O) groups is 2. The van der Waals surface area contributed by atoms with Crippen molar-refractivity contribution in [3.8, 4) is 17.2 Å². The maximum atomic E-state index is 12.1. The van der Waals surface area contributed by atoms with E-state index in [2.05, 4.69) is 5.32 Å². The molecule has 0 heterocycles. The van der Waals surface area contributed by atoms with Crippen molar-refractivity contribution in [1.29, 1.82) is 0 Å². The Bertz CT molecular complexity index is 937. The van der Waals surface area contributed by atoms with Gasteiger partial charge in [0.25, 0.3) is 5.91 Å². The van der Waals surface area contributed by atoms with Crippen LogP contribution in [0.1, 0.15) is 15.9 Å². The summed E-state index contributed by atoms with van der Waals surface area (Å²) in [6.07, 6.45) is 0. The Labute approximate surface area is 169 Å². The number of nitrogens with one attached hydrogen (secondary N) is 1. The molecule has 0 bridgehead atoms. The molecule has 0 aromatic heterocycles. The van der Waals surface area contributed by atoms with Crippen molar-refractivity contribution in [2.24, 2.45) is 0 Å². The zero-order valence-electron chi connectivity index (χ0n) is 16.0. The Morgan fingerprint density at radius 1 is 0.793 bits per heavy atom. The summed E-state index contributed by atoms with van der Waals surface area (Å²) >= 11 is 0. The molecule has 148 valence electrons. The maximum Gasteiger partial charge on any atom is 0.338 e. The van der Waals surface area contributed by atoms with E-state index in [1.807, 2.05) is 54.6 Å². The van der Waals surface area contributed by atoms with Gasteiger partial charge in [-0.15, -0.1) is 0 Å². The number of esters is 1. The van der Waals surface area contributed by atoms with Gasteiger partial charge < -0.3 is 19.5 Å². The van der Waals surface area contributed by atoms with E-state index in [4.69, 9.17) is 14.2 Å². The lowest BCUT2D eigenvalue weighted by Gasteiger charge is -2.08. The second-order valence-corrected chi connectivity index (χ2v) is 6.14. The number of hydrogen-bond donors (Lipinski definition) is 1. The Balaban J connectivity index is 1.44. The van der Waals surface area contributed by atoms with Gasteiger partial charge in [0.1, 0.15) is 17.2 Å². The molecule has 0 fully saturated rings. The van der Waals surface area contributed by atoms with Crippen LogP contribution in [-0.2, 0) is 16.1 Å². The number of benzene rings is 3. The SMILES string of the molecule is COc1ccc(CNC(=O)COC(=O)c2ccc(Oc3ccccc3)cc2)cc1. The summed E-state index contributed by atoms with van der Waals surface area (Å²) in [6, 6.07) is 23.2. The van der Waals surface area contributed by atoms with Crippen LogP contribution < -0.4 is 14.8 Å². The van der Waals surface area contributed by atoms with Gasteiger partial charge in [-0.2, -0.15) is 0 Å². The van der Waals surface area contributed by atoms with Gasteiger partial charge in [0.05, 0.1) is 12.7 Å². The average Bonchev–Trinajstić information content (AvgIpc) is 2.77. The van der Waals surface area contributed by atoms with E-state index in [0.717, 1.165) is 11.3 Å². The van der Waals surface area contributed by atoms with Crippen LogP contribution in [0, 0.1) is 0 Å². The topological polar surface area (TPSA) is 73.9 Å². The summed E-state index contributed by atoms with van der Waals surface area (Å²) in [6.45, 7) is -0.0108. The zero-order valence-corrected chi connectivity index (χ0v) is 16.0. The number of rotatable bonds is 8. The van der Waals surface area contributed by atoms with E-state index in [0.29, 0.717) is 23.6 Å². The van der Waals surface area contributed by atoms with E-state index in [1.165, 1.54) is 0 Å². The lowest BCUT2D eigenvalue weighted by Crippen LogP contribution is -2.28. The third-order valence-corrected chi connectivity index (χ3v) is 4.05. The highest BCUT2D eigenvalue weighted by atomic mass is 16.5. The quantitative estimate of drug-likeness (QED) is 0.589. The molecule has 3 aromatic carbocycles. The summed E-state index contributed by atoms with van der Waals surface area (Å²) in [7, 11) is 1.59. The van der Waals surface area contributed by atoms with E-state index in [-0.39, 0.29) is 12.5 Å². The molecule has 1 N–H and O–H groups in total. The minimum atomic E-state index is -0.573. The Morgan fingerprint density at radius 2 is 1.41 bits per heavy atom. The molecule has 0 saturated heterocycles. The van der Waals surface area contributed by atoms with Gasteiger partial charge >= 0.3 is 5.97 Å². The molecule has 0 radical (unpaired) electrons. The minimum absolute atomic E-state index is 0.339. The number of para-hydroxylation sites is 1. The molecule has 0 spiro atoms. The lowest BCUT2D eigenvalue weighted by molar-refractivity contribution is -0.124. The number of methoxy groups -OCH3 is 1. The standard InChI is InChI=1S/C23H21NO5/c1-27-19-11-7-17(8-12-19)15-24-22(25)16-28-23(26)18-9-13-21(14-10-18)29-20-5-3-2-4-6-20/h2-14H,15-16H2,1H3,(H,24,25). The van der Waals surface area contributed by atoms with Gasteiger partial charge in [0.15, 0.2) is 6.61 Å². The molecule has 0 atom stereocenters. The molecule has 1 amide bonds. The van der Waals surface area contributed by atoms with Gasteiger partial charge in [0.2, 0.25) is 0 Å². The highest BCUT2D eigenvalue weighted by molar-refractivity contribution is 5.91. The minimum Gasteiger partial charge on any atom is -0.497 e. The van der Waals surface area contributed by atoms with Crippen molar-refractivity contribution >= 4 is 11.9 Å². The highest BCUT2D eigenvalue weighted by Gasteiger charge is 2.10. The highest BCUT2D eigenvalue weighted by Crippen LogP contribution is 2.21. The molecule has 0 aliphatic rings. The van der Waals surface area contributed by atoms with E-state index >= 15 is 0 Å². The van der Waals surface area contributed by atoms with Crippen molar-refractivity contribution in [2.75, 3.05) is 13.7 Å². The van der Waals surface area contributed by atoms with Crippen LogP contribution >= 0.6 is 0 Å². The monoisotopic (exact) mass is 391 g/mol. The summed E-state index contributed by atoms with van der Waals surface area (Å²) in [5.41, 5.74) is 1.26. The zero-order chi connectivity index (χ0) is 20.5. The molecule has 0 aliphatic carbocycles. The fourth-order valence-electron chi connectivity index (χ4n) is 2.49. The number of hydrogen-bond acceptors (Lipinski definition) is 5. The molecule has 3 aromatic rings. The van der Waals surface area contributed by atoms with Gasteiger partial charge in [-0.3, -0.25) is 4.79 Å². The first kappa shape index (κ1) is 19.9. The van der Waals surface area contributed by atoms with Crippen LogP contribution in [0.15, 0.2) is 78.9 Å². The van der Waals surface area contributed by atoms with Crippen molar-refractivity contribution in [1.82, 2.24) is 5.32 Å². The number of ether oxygens (including phenoxy) is 3. The molecular weight excluding hydrogens is 370 g/mol. The predicted octanol–water partition coefficient (Wildman–Crippen LogP) is 3.96. The first-order chi connectivity index (χ1) is 14.1. The molecule has 3 rings (SSSR count). The molecular formula is C23H21NO5. The van der Waals surface area contributed by atoms with Gasteiger partial charge in [-0.25, -0.2) is 4.79 Å². The number of carbonyl (C=O) groups excluding carboxylic acids is 2. The molecule has 0 aliphatic heterocycles. The molecule has 29 heavy (non-hydrogen) atoms. The van der Waals surface area contributed by atoms with E-state index < -0.39 is 5.97 Å². The predicted molar refractivity (Wildman–Crippen MR) is 108 cm³/mol. The molecule has 0 saturated carbocycles. The summed E-state index contributed by atoms with van der Waals surface area (Å²) in [5.74, 6) is 1.10. The summed E-state index contributed by atoms with van der Waals surface area (Å²) in [4.78, 5) is 24.0. The van der Waals surface area contributed by atoms with Crippen LogP contribution in [-0.4, -0.2) is 25.6 Å². The Morgan fingerprint density at radius 3 is 2.07 bits per heavy atom. The second-order valence-electron chi connectivity index (χ2n) is 6.14. The van der Waals surface area contributed by atoms with Crippen LogP contribution in [0.4, 0.5) is 0 Å². The Kier molecular flexibility index (Phi) is 6.84. The Hall–Kier alpha value is -3.80. The van der Waals surface area contributed by atoms with Gasteiger partial charge in [-0.05, 0) is 54.1 Å². The van der Waals surface area contributed by atoms with Crippen molar-refractivity contribution in [3.05, 3.63) is 90.0 Å². The van der Waals surface area contributed by atoms with Crippen LogP contribution in [0.25, 0.3) is 0 Å². The third-order valence-electron chi connectivity index (χ3n) is 4.05. The molecule has 6 nitrogen and oxygen atoms in total. The fourth-order valence-corrected chi connectivity index (χ4v) is 2.49. The van der Waals surface area contributed by atoms with Crippen molar-refractivity contribution < 1.29 is 23.8 Å². The first-order valence-electron chi connectivity index (χ1n) is 9.04. The number of amides is 1. The van der Waals surface area contributed by atoms with E-state index in [9.17, 15) is 9.59 Å². The molecule has 6 heteroatoms. The molecule has 0 unspecified atom stereocenters. The fraction of sp³-hybridized carbons (Fsp3) is 0.130. The van der Waals surface area contributed by atoms with Crippen LogP contribution in [0.3, 0.4) is 0 Å². The van der Waals surface area contributed by atoms with Gasteiger partial charge in [-0.1, -0.05) is 30.3 Å². The normalized spacial score (nSPS) is 10.1. The van der Waals surface area contributed by atoms with Crippen molar-refractivity contribution in [2.45, 2.75) is 6.54 Å². The van der Waals surface area contributed by atoms with Crippen molar-refractivity contribution in [3.63, 3.8) is 0 Å². The summed E-state index contributed by atoms with van der Waals surface area (Å²) < 4.78 is 15.8. The average molecular weight is 391 g/mol. The maximum absolute atomic E-state index is 12.1. The first-order valence-corrected chi connectivity index (χ1v) is 9.04. The third kappa shape index (κ3) is 6.10. The van der Waals surface area contributed by atoms with Gasteiger partial charge in [0, 0.05) is 6.54 Å². The largest absolute Gasteiger partial charge is 0.497 e. The smallest absolute Gasteiger partial charge is 0.338 e. The summed E-state index contributed by atoms with van der Waals surface area (Å²) in [5, 5.41) is 2.70. The van der Waals surface area contributed by atoms with E-state index in [1.54, 1.807) is 31.4 Å².